The third-order valence-electron chi connectivity index (χ3n) is 3.76. The van der Waals surface area contributed by atoms with Crippen LogP contribution in [0.3, 0.4) is 0 Å². The molecule has 5 nitrogen and oxygen atoms in total. The maximum Gasteiger partial charge on any atom is 0.253 e. The molecule has 3 rings (SSSR count). The number of pyridine rings is 1. The van der Waals surface area contributed by atoms with E-state index in [1.54, 1.807) is 24.4 Å². The molecule has 3 aromatic rings. The summed E-state index contributed by atoms with van der Waals surface area (Å²) in [6.45, 7) is 1.78. The number of aryl methyl sites for hydroxylation is 1. The number of carbonyl (C=O) groups excluding carboxylic acids is 1. The van der Waals surface area contributed by atoms with Crippen LogP contribution in [0.5, 0.6) is 0 Å². The Morgan fingerprint density at radius 2 is 2.00 bits per heavy atom. The smallest absolute Gasteiger partial charge is 0.253 e. The van der Waals surface area contributed by atoms with Gasteiger partial charge in [-0.15, -0.1) is 0 Å². The molecule has 0 aliphatic carbocycles. The molecule has 24 heavy (non-hydrogen) atoms. The standard InChI is InChI=1S/C19H18N2O3/c1-13-4-6-14(7-5-13)15-9-16(11-20-10-15)19(23)21-17(12-22)18-3-2-8-24-18/h2-11,17,22H,12H2,1H3,(H,21,23). The van der Waals surface area contributed by atoms with Gasteiger partial charge >= 0.3 is 0 Å². The first-order valence-corrected chi connectivity index (χ1v) is 7.64. The van der Waals surface area contributed by atoms with Gasteiger partial charge in [-0.2, -0.15) is 0 Å². The molecule has 1 aromatic carbocycles. The van der Waals surface area contributed by atoms with E-state index in [1.807, 2.05) is 31.2 Å². The quantitative estimate of drug-likeness (QED) is 0.757. The van der Waals surface area contributed by atoms with Crippen molar-refractivity contribution in [1.29, 1.82) is 0 Å². The van der Waals surface area contributed by atoms with E-state index < -0.39 is 6.04 Å². The predicted octanol–water partition coefficient (Wildman–Crippen LogP) is 3.11. The molecular weight excluding hydrogens is 304 g/mol. The Hall–Kier alpha value is -2.92. The predicted molar refractivity (Wildman–Crippen MR) is 90.4 cm³/mol. The Morgan fingerprint density at radius 1 is 1.21 bits per heavy atom. The van der Waals surface area contributed by atoms with Crippen molar-refractivity contribution in [1.82, 2.24) is 10.3 Å². The van der Waals surface area contributed by atoms with E-state index in [9.17, 15) is 9.90 Å². The molecule has 122 valence electrons. The van der Waals surface area contributed by atoms with Crippen LogP contribution in [-0.2, 0) is 0 Å². The molecular formula is C19H18N2O3. The van der Waals surface area contributed by atoms with Crippen LogP contribution in [0.4, 0.5) is 0 Å². The van der Waals surface area contributed by atoms with Gasteiger partial charge in [-0.3, -0.25) is 9.78 Å². The van der Waals surface area contributed by atoms with Crippen molar-refractivity contribution < 1.29 is 14.3 Å². The fourth-order valence-corrected chi connectivity index (χ4v) is 2.41. The highest BCUT2D eigenvalue weighted by atomic mass is 16.3. The Bertz CT molecular complexity index is 811. The van der Waals surface area contributed by atoms with Gasteiger partial charge in [0.05, 0.1) is 18.4 Å². The van der Waals surface area contributed by atoms with Crippen LogP contribution in [0.1, 0.15) is 27.7 Å². The van der Waals surface area contributed by atoms with Crippen LogP contribution in [0, 0.1) is 6.92 Å². The van der Waals surface area contributed by atoms with Crippen LogP contribution >= 0.6 is 0 Å². The van der Waals surface area contributed by atoms with E-state index in [0.717, 1.165) is 11.1 Å². The lowest BCUT2D eigenvalue weighted by molar-refractivity contribution is 0.0907. The first-order valence-electron chi connectivity index (χ1n) is 7.64. The van der Waals surface area contributed by atoms with Crippen molar-refractivity contribution in [3.63, 3.8) is 0 Å². The lowest BCUT2D eigenvalue weighted by Crippen LogP contribution is -2.30. The summed E-state index contributed by atoms with van der Waals surface area (Å²) in [5.41, 5.74) is 3.46. The molecule has 0 spiro atoms. The zero-order chi connectivity index (χ0) is 16.9. The summed E-state index contributed by atoms with van der Waals surface area (Å²) in [7, 11) is 0. The highest BCUT2D eigenvalue weighted by Crippen LogP contribution is 2.20. The third kappa shape index (κ3) is 3.52. The summed E-state index contributed by atoms with van der Waals surface area (Å²) in [6.07, 6.45) is 4.73. The minimum Gasteiger partial charge on any atom is -0.467 e. The number of hydrogen-bond acceptors (Lipinski definition) is 4. The maximum absolute atomic E-state index is 12.4. The van der Waals surface area contributed by atoms with E-state index >= 15 is 0 Å². The molecule has 1 unspecified atom stereocenters. The second-order valence-electron chi connectivity index (χ2n) is 5.55. The lowest BCUT2D eigenvalue weighted by atomic mass is 10.0. The van der Waals surface area contributed by atoms with Gasteiger partial charge < -0.3 is 14.8 Å². The van der Waals surface area contributed by atoms with Crippen LogP contribution in [-0.4, -0.2) is 22.6 Å². The molecule has 0 fully saturated rings. The van der Waals surface area contributed by atoms with Crippen molar-refractivity contribution in [2.24, 2.45) is 0 Å². The van der Waals surface area contributed by atoms with Crippen LogP contribution in [0.2, 0.25) is 0 Å². The Balaban J connectivity index is 1.80. The zero-order valence-electron chi connectivity index (χ0n) is 13.3. The van der Waals surface area contributed by atoms with E-state index in [2.05, 4.69) is 10.3 Å². The number of nitrogens with zero attached hydrogens (tertiary/aromatic N) is 1. The fraction of sp³-hybridized carbons (Fsp3) is 0.158. The van der Waals surface area contributed by atoms with Crippen LogP contribution < -0.4 is 5.32 Å². The van der Waals surface area contributed by atoms with E-state index in [4.69, 9.17) is 4.42 Å². The first kappa shape index (κ1) is 16.0. The summed E-state index contributed by atoms with van der Waals surface area (Å²) in [6, 6.07) is 12.6. The van der Waals surface area contributed by atoms with E-state index in [1.165, 1.54) is 18.0 Å². The lowest BCUT2D eigenvalue weighted by Gasteiger charge is -2.14. The van der Waals surface area contributed by atoms with Gasteiger partial charge in [0, 0.05) is 18.0 Å². The molecule has 0 radical (unpaired) electrons. The molecule has 5 heteroatoms. The van der Waals surface area contributed by atoms with Crippen molar-refractivity contribution in [2.45, 2.75) is 13.0 Å². The van der Waals surface area contributed by atoms with Gasteiger partial charge in [0.1, 0.15) is 11.8 Å². The summed E-state index contributed by atoms with van der Waals surface area (Å²) in [5.74, 6) is 0.195. The van der Waals surface area contributed by atoms with Gasteiger partial charge in [0.25, 0.3) is 5.91 Å². The normalized spacial score (nSPS) is 11.9. The highest BCUT2D eigenvalue weighted by Gasteiger charge is 2.17. The number of aromatic nitrogens is 1. The number of carbonyl (C=O) groups is 1. The van der Waals surface area contributed by atoms with Crippen molar-refractivity contribution in [2.75, 3.05) is 6.61 Å². The Kier molecular flexibility index (Phi) is 4.72. The fourth-order valence-electron chi connectivity index (χ4n) is 2.41. The van der Waals surface area contributed by atoms with Crippen LogP contribution in [0.15, 0.2) is 65.5 Å². The SMILES string of the molecule is Cc1ccc(-c2cncc(C(=O)NC(CO)c3ccco3)c2)cc1. The molecule has 2 heterocycles. The van der Waals surface area contributed by atoms with Crippen LogP contribution in [0.25, 0.3) is 11.1 Å². The molecule has 2 aromatic heterocycles. The number of aliphatic hydroxyl groups excluding tert-OH is 1. The van der Waals surface area contributed by atoms with Gasteiger partial charge in [-0.05, 0) is 30.7 Å². The number of aliphatic hydroxyl groups is 1. The molecule has 0 aliphatic rings. The van der Waals surface area contributed by atoms with Crippen molar-refractivity contribution in [3.8, 4) is 11.1 Å². The highest BCUT2D eigenvalue weighted by molar-refractivity contribution is 5.95. The minimum atomic E-state index is -0.587. The van der Waals surface area contributed by atoms with Gasteiger partial charge in [0.2, 0.25) is 0 Å². The maximum atomic E-state index is 12.4. The van der Waals surface area contributed by atoms with E-state index in [0.29, 0.717) is 11.3 Å². The molecule has 0 saturated heterocycles. The number of rotatable bonds is 5. The zero-order valence-corrected chi connectivity index (χ0v) is 13.3. The summed E-state index contributed by atoms with van der Waals surface area (Å²) >= 11 is 0. The monoisotopic (exact) mass is 322 g/mol. The number of furan rings is 1. The molecule has 1 amide bonds. The second kappa shape index (κ2) is 7.10. The Labute approximate surface area is 140 Å². The molecule has 0 saturated carbocycles. The molecule has 0 aliphatic heterocycles. The summed E-state index contributed by atoms with van der Waals surface area (Å²) < 4.78 is 5.24. The van der Waals surface area contributed by atoms with Crippen molar-refractivity contribution >= 4 is 5.91 Å². The van der Waals surface area contributed by atoms with Gasteiger partial charge in [0.15, 0.2) is 0 Å². The second-order valence-corrected chi connectivity index (χ2v) is 5.55. The average molecular weight is 322 g/mol. The summed E-state index contributed by atoms with van der Waals surface area (Å²) in [5, 5.41) is 12.2. The molecule has 0 bridgehead atoms. The number of hydrogen-bond donors (Lipinski definition) is 2. The first-order chi connectivity index (χ1) is 11.7. The minimum absolute atomic E-state index is 0.246. The number of amides is 1. The van der Waals surface area contributed by atoms with Gasteiger partial charge in [-0.1, -0.05) is 29.8 Å². The Morgan fingerprint density at radius 3 is 2.67 bits per heavy atom. The third-order valence-corrected chi connectivity index (χ3v) is 3.76. The average Bonchev–Trinajstić information content (AvgIpc) is 3.14. The van der Waals surface area contributed by atoms with Gasteiger partial charge in [-0.25, -0.2) is 0 Å². The summed E-state index contributed by atoms with van der Waals surface area (Å²) in [4.78, 5) is 16.6. The number of benzene rings is 1. The van der Waals surface area contributed by atoms with E-state index in [-0.39, 0.29) is 12.5 Å². The largest absolute Gasteiger partial charge is 0.467 e. The van der Waals surface area contributed by atoms with Crippen molar-refractivity contribution in [3.05, 3.63) is 78.0 Å². The topological polar surface area (TPSA) is 75.4 Å². The molecule has 2 N–H and O–H groups in total. The molecule has 1 atom stereocenters. The number of nitrogens with one attached hydrogen (secondary N) is 1.